The van der Waals surface area contributed by atoms with Crippen molar-refractivity contribution in [2.45, 2.75) is 20.8 Å². The quantitative estimate of drug-likeness (QED) is 0.494. The molecule has 3 aromatic carbocycles. The molecule has 0 aliphatic rings. The van der Waals surface area contributed by atoms with Crippen LogP contribution in [0, 0.1) is 6.92 Å². The molecule has 0 radical (unpaired) electrons. The average Bonchev–Trinajstić information content (AvgIpc) is 2.56. The Morgan fingerprint density at radius 2 is 1.22 bits per heavy atom. The molecule has 0 heteroatoms. The minimum Gasteiger partial charge on any atom is -0.0870 e. The minimum absolute atomic E-state index is 1.26. The highest BCUT2D eigenvalue weighted by atomic mass is 14.1. The van der Waals surface area contributed by atoms with Gasteiger partial charge in [0.2, 0.25) is 0 Å². The molecule has 23 heavy (non-hydrogen) atoms. The summed E-state index contributed by atoms with van der Waals surface area (Å²) in [4.78, 5) is 0. The molecule has 3 aromatic rings. The van der Waals surface area contributed by atoms with Gasteiger partial charge < -0.3 is 0 Å². The van der Waals surface area contributed by atoms with E-state index in [0.29, 0.717) is 0 Å². The summed E-state index contributed by atoms with van der Waals surface area (Å²) < 4.78 is 0. The van der Waals surface area contributed by atoms with E-state index in [1.807, 2.05) is 0 Å². The lowest BCUT2D eigenvalue weighted by Gasteiger charge is -2.08. The molecule has 0 spiro atoms. The van der Waals surface area contributed by atoms with Crippen LogP contribution in [0.25, 0.3) is 34.1 Å². The third-order valence-electron chi connectivity index (χ3n) is 4.11. The van der Waals surface area contributed by atoms with Gasteiger partial charge in [-0.15, -0.1) is 0 Å². The Morgan fingerprint density at radius 1 is 0.609 bits per heavy atom. The van der Waals surface area contributed by atoms with Crippen LogP contribution in [0.2, 0.25) is 0 Å². The molecule has 0 saturated carbocycles. The Balaban J connectivity index is 2.10. The molecule has 0 atom stereocenters. The zero-order chi connectivity index (χ0) is 16.2. The summed E-state index contributed by atoms with van der Waals surface area (Å²) in [7, 11) is 0. The minimum atomic E-state index is 1.26. The summed E-state index contributed by atoms with van der Waals surface area (Å²) in [6, 6.07) is 20.0. The Morgan fingerprint density at radius 3 is 2.00 bits per heavy atom. The molecule has 0 N–H and O–H groups in total. The highest BCUT2D eigenvalue weighted by Crippen LogP contribution is 2.28. The highest BCUT2D eigenvalue weighted by Gasteiger charge is 2.03. The summed E-state index contributed by atoms with van der Waals surface area (Å²) in [5.74, 6) is 0. The lowest BCUT2D eigenvalue weighted by Crippen LogP contribution is -1.85. The maximum atomic E-state index is 2.28. The predicted molar refractivity (Wildman–Crippen MR) is 104 cm³/mol. The van der Waals surface area contributed by atoms with Gasteiger partial charge in [0.15, 0.2) is 0 Å². The van der Waals surface area contributed by atoms with Crippen molar-refractivity contribution in [3.8, 4) is 11.1 Å². The van der Waals surface area contributed by atoms with Crippen molar-refractivity contribution < 1.29 is 0 Å². The van der Waals surface area contributed by atoms with Crippen LogP contribution in [-0.2, 0) is 0 Å². The fourth-order valence-corrected chi connectivity index (χ4v) is 2.95. The molecule has 0 aliphatic carbocycles. The smallest absolute Gasteiger partial charge is 0.0177 e. The van der Waals surface area contributed by atoms with E-state index in [4.69, 9.17) is 0 Å². The monoisotopic (exact) mass is 298 g/mol. The number of benzene rings is 3. The second-order valence-corrected chi connectivity index (χ2v) is 5.91. The van der Waals surface area contributed by atoms with Gasteiger partial charge in [-0.1, -0.05) is 72.3 Å². The maximum Gasteiger partial charge on any atom is -0.0177 e. The van der Waals surface area contributed by atoms with Crippen LogP contribution >= 0.6 is 0 Å². The summed E-state index contributed by atoms with van der Waals surface area (Å²) >= 11 is 0. The normalized spacial score (nSPS) is 11.8. The van der Waals surface area contributed by atoms with Crippen LogP contribution in [0.15, 0.2) is 66.7 Å². The van der Waals surface area contributed by atoms with Gasteiger partial charge in [0.05, 0.1) is 0 Å². The van der Waals surface area contributed by atoms with Crippen molar-refractivity contribution in [2.75, 3.05) is 0 Å². The summed E-state index contributed by atoms with van der Waals surface area (Å²) in [5, 5.41) is 2.59. The molecule has 0 saturated heterocycles. The number of hydrogen-bond donors (Lipinski definition) is 0. The summed E-state index contributed by atoms with van der Waals surface area (Å²) in [6.07, 6.45) is 8.50. The molecule has 0 unspecified atom stereocenters. The largest absolute Gasteiger partial charge is 0.0870 e. The Bertz CT molecular complexity index is 895. The van der Waals surface area contributed by atoms with Gasteiger partial charge in [0, 0.05) is 0 Å². The number of aryl methyl sites for hydroxylation is 1. The van der Waals surface area contributed by atoms with Gasteiger partial charge in [0.1, 0.15) is 0 Å². The number of rotatable bonds is 3. The third kappa shape index (κ3) is 3.27. The standard InChI is InChI=1S/C23H22/c1-4-6-18-10-11-22(15-19(18)7-5-2)23-13-12-20-14-17(3)8-9-21(20)16-23/h4-16H,1-3H3/b6-4+,7-5-. The van der Waals surface area contributed by atoms with Crippen LogP contribution in [0.4, 0.5) is 0 Å². The molecular formula is C23H22. The van der Waals surface area contributed by atoms with Gasteiger partial charge in [-0.25, -0.2) is 0 Å². The molecule has 114 valence electrons. The molecule has 0 fully saturated rings. The van der Waals surface area contributed by atoms with E-state index in [2.05, 4.69) is 99.7 Å². The lowest BCUT2D eigenvalue weighted by molar-refractivity contribution is 1.50. The van der Waals surface area contributed by atoms with Crippen molar-refractivity contribution in [1.82, 2.24) is 0 Å². The molecule has 0 nitrogen and oxygen atoms in total. The second-order valence-electron chi connectivity index (χ2n) is 5.91. The van der Waals surface area contributed by atoms with Crippen molar-refractivity contribution in [3.05, 3.63) is 83.4 Å². The van der Waals surface area contributed by atoms with E-state index in [1.165, 1.54) is 38.6 Å². The van der Waals surface area contributed by atoms with Crippen molar-refractivity contribution in [1.29, 1.82) is 0 Å². The van der Waals surface area contributed by atoms with E-state index in [-0.39, 0.29) is 0 Å². The third-order valence-corrected chi connectivity index (χ3v) is 4.11. The SMILES string of the molecule is C/C=C\c1cc(-c2ccc3cc(C)ccc3c2)ccc1/C=C/C. The van der Waals surface area contributed by atoms with Crippen LogP contribution in [0.3, 0.4) is 0 Å². The van der Waals surface area contributed by atoms with E-state index >= 15 is 0 Å². The predicted octanol–water partition coefficient (Wildman–Crippen LogP) is 6.88. The van der Waals surface area contributed by atoms with Gasteiger partial charge in [0.25, 0.3) is 0 Å². The first-order valence-corrected chi connectivity index (χ1v) is 8.11. The Kier molecular flexibility index (Phi) is 4.43. The van der Waals surface area contributed by atoms with Gasteiger partial charge in [-0.3, -0.25) is 0 Å². The van der Waals surface area contributed by atoms with Crippen LogP contribution in [-0.4, -0.2) is 0 Å². The van der Waals surface area contributed by atoms with E-state index in [0.717, 1.165) is 0 Å². The zero-order valence-corrected chi connectivity index (χ0v) is 14.0. The first kappa shape index (κ1) is 15.3. The maximum absolute atomic E-state index is 2.28. The number of fused-ring (bicyclic) bond motifs is 1. The van der Waals surface area contributed by atoms with Crippen LogP contribution in [0.1, 0.15) is 30.5 Å². The van der Waals surface area contributed by atoms with E-state index < -0.39 is 0 Å². The van der Waals surface area contributed by atoms with E-state index in [1.54, 1.807) is 0 Å². The first-order valence-electron chi connectivity index (χ1n) is 8.11. The van der Waals surface area contributed by atoms with Crippen molar-refractivity contribution in [3.63, 3.8) is 0 Å². The molecule has 0 heterocycles. The Labute approximate surface area is 138 Å². The van der Waals surface area contributed by atoms with Gasteiger partial charge in [-0.05, 0) is 65.9 Å². The molecule has 0 amide bonds. The second kappa shape index (κ2) is 6.66. The molecule has 3 rings (SSSR count). The molecular weight excluding hydrogens is 276 g/mol. The Hall–Kier alpha value is -2.60. The molecule has 0 bridgehead atoms. The zero-order valence-electron chi connectivity index (χ0n) is 14.0. The first-order chi connectivity index (χ1) is 11.2. The summed E-state index contributed by atoms with van der Waals surface area (Å²) in [6.45, 7) is 6.25. The summed E-state index contributed by atoms with van der Waals surface area (Å²) in [5.41, 5.74) is 6.34. The van der Waals surface area contributed by atoms with E-state index in [9.17, 15) is 0 Å². The highest BCUT2D eigenvalue weighted by molar-refractivity contribution is 5.88. The van der Waals surface area contributed by atoms with Crippen LogP contribution < -0.4 is 0 Å². The molecule has 0 aromatic heterocycles. The average molecular weight is 298 g/mol. The fraction of sp³-hybridized carbons (Fsp3) is 0.130. The van der Waals surface area contributed by atoms with Crippen molar-refractivity contribution in [2.24, 2.45) is 0 Å². The van der Waals surface area contributed by atoms with Gasteiger partial charge >= 0.3 is 0 Å². The van der Waals surface area contributed by atoms with Crippen LogP contribution in [0.5, 0.6) is 0 Å². The number of hydrogen-bond acceptors (Lipinski definition) is 0. The number of allylic oxidation sites excluding steroid dienone is 2. The topological polar surface area (TPSA) is 0 Å². The van der Waals surface area contributed by atoms with Gasteiger partial charge in [-0.2, -0.15) is 0 Å². The lowest BCUT2D eigenvalue weighted by atomic mass is 9.96. The fourth-order valence-electron chi connectivity index (χ4n) is 2.95. The van der Waals surface area contributed by atoms with Crippen molar-refractivity contribution >= 4 is 22.9 Å². The molecule has 0 aliphatic heterocycles.